The Morgan fingerprint density at radius 2 is 1.88 bits per heavy atom. The van der Waals surface area contributed by atoms with Crippen molar-refractivity contribution in [1.82, 2.24) is 0 Å². The Bertz CT molecular complexity index is 1330. The number of rotatable bonds is 3. The molecule has 0 radical (unpaired) electrons. The number of hydrogen-bond donors (Lipinski definition) is 5. The molecule has 10 nitrogen and oxygen atoms in total. The number of primary amides is 1. The average molecular weight is 589 g/mol. The van der Waals surface area contributed by atoms with Crippen LogP contribution in [0.1, 0.15) is 29.5 Å². The van der Waals surface area contributed by atoms with Gasteiger partial charge in [0.25, 0.3) is 5.91 Å². The lowest BCUT2D eigenvalue weighted by molar-refractivity contribution is -0.147. The quantitative estimate of drug-likeness (QED) is 0.248. The Labute approximate surface area is 201 Å². The number of ketones is 2. The first kappa shape index (κ1) is 23.7. The summed E-state index contributed by atoms with van der Waals surface area (Å²) >= 11 is 1.95. The third-order valence-corrected chi connectivity index (χ3v) is 8.30. The van der Waals surface area contributed by atoms with Crippen LogP contribution in [0.3, 0.4) is 0 Å². The number of carbonyl (C=O) groups is 3. The number of carbonyl (C=O) groups excluding carboxylic acids is 3. The Kier molecular flexibility index (Phi) is 5.41. The summed E-state index contributed by atoms with van der Waals surface area (Å²) in [6, 6.07) is 1.49. The summed E-state index contributed by atoms with van der Waals surface area (Å²) in [6.07, 6.45) is 0.797. The molecule has 0 heterocycles. The number of amides is 1. The van der Waals surface area contributed by atoms with Gasteiger partial charge in [-0.3, -0.25) is 14.4 Å². The predicted molar refractivity (Wildman–Crippen MR) is 123 cm³/mol. The van der Waals surface area contributed by atoms with E-state index in [9.17, 15) is 43.2 Å². The van der Waals surface area contributed by atoms with Crippen LogP contribution >= 0.6 is 22.6 Å². The highest BCUT2D eigenvalue weighted by atomic mass is 127. The standard InChI is InChI=1S/C21H20INO9S/c1-33(31,32)6-8-4-11(22)10-3-7-2-9-5-12(24)15(20(23)29)19(28)21(9,30)18(27)13(7)17(26)14(10)16(8)25/h4,7,9,25-26,28,30H,2-3,5-6H2,1H3,(H2,23,29)/t7-,9+,21+/m1/s1. The average Bonchev–Trinajstić information content (AvgIpc) is 2.67. The van der Waals surface area contributed by atoms with E-state index < -0.39 is 79.8 Å². The van der Waals surface area contributed by atoms with E-state index in [1.54, 1.807) is 0 Å². The Balaban J connectivity index is 1.94. The summed E-state index contributed by atoms with van der Waals surface area (Å²) in [7, 11) is -3.53. The summed E-state index contributed by atoms with van der Waals surface area (Å²) in [4.78, 5) is 37.4. The van der Waals surface area contributed by atoms with E-state index in [0.717, 1.165) is 6.26 Å². The molecular weight excluding hydrogens is 569 g/mol. The lowest BCUT2D eigenvalue weighted by Crippen LogP contribution is -2.58. The fraction of sp³-hybridized carbons (Fsp3) is 0.381. The van der Waals surface area contributed by atoms with Crippen molar-refractivity contribution in [2.24, 2.45) is 17.6 Å². The number of aromatic hydroxyl groups is 1. The van der Waals surface area contributed by atoms with Crippen LogP contribution in [0.4, 0.5) is 0 Å². The topological polar surface area (TPSA) is 192 Å². The number of aliphatic hydroxyl groups excluding tert-OH is 2. The highest BCUT2D eigenvalue weighted by Crippen LogP contribution is 2.52. The van der Waals surface area contributed by atoms with Crippen molar-refractivity contribution >= 4 is 55.7 Å². The van der Waals surface area contributed by atoms with Crippen molar-refractivity contribution in [2.45, 2.75) is 30.6 Å². The van der Waals surface area contributed by atoms with Crippen LogP contribution in [0.15, 0.2) is 23.0 Å². The molecule has 1 fully saturated rings. The summed E-state index contributed by atoms with van der Waals surface area (Å²) < 4.78 is 24.1. The third-order valence-electron chi connectivity index (χ3n) is 6.51. The SMILES string of the molecule is CS(=O)(=O)Cc1cc(I)c2c(c1O)C(O)=C1C(=O)[C@]3(O)C(O)=C(C(N)=O)C(=O)C[C@@H]3C[C@@H]1C2. The molecule has 1 amide bonds. The van der Waals surface area contributed by atoms with Crippen LogP contribution in [0.5, 0.6) is 5.75 Å². The molecule has 33 heavy (non-hydrogen) atoms. The van der Waals surface area contributed by atoms with Crippen LogP contribution in [0.2, 0.25) is 0 Å². The molecule has 1 saturated carbocycles. The maximum Gasteiger partial charge on any atom is 0.255 e. The van der Waals surface area contributed by atoms with Gasteiger partial charge in [0.15, 0.2) is 21.2 Å². The number of phenols is 1. The molecule has 0 bridgehead atoms. The molecule has 4 rings (SSSR count). The second-order valence-corrected chi connectivity index (χ2v) is 12.0. The lowest BCUT2D eigenvalue weighted by Gasteiger charge is -2.46. The van der Waals surface area contributed by atoms with E-state index in [2.05, 4.69) is 0 Å². The largest absolute Gasteiger partial charge is 0.508 e. The van der Waals surface area contributed by atoms with Crippen molar-refractivity contribution in [3.05, 3.63) is 43.2 Å². The predicted octanol–water partition coefficient (Wildman–Crippen LogP) is 0.573. The van der Waals surface area contributed by atoms with Gasteiger partial charge in [-0.05, 0) is 53.0 Å². The molecule has 0 aromatic heterocycles. The van der Waals surface area contributed by atoms with E-state index in [-0.39, 0.29) is 29.5 Å². The summed E-state index contributed by atoms with van der Waals surface area (Å²) in [5.41, 5.74) is 1.81. The van der Waals surface area contributed by atoms with Crippen LogP contribution in [-0.2, 0) is 36.4 Å². The molecule has 12 heteroatoms. The molecule has 1 aromatic carbocycles. The van der Waals surface area contributed by atoms with Crippen molar-refractivity contribution in [3.63, 3.8) is 0 Å². The van der Waals surface area contributed by atoms with Gasteiger partial charge >= 0.3 is 0 Å². The Morgan fingerprint density at radius 3 is 2.45 bits per heavy atom. The summed E-state index contributed by atoms with van der Waals surface area (Å²) in [5.74, 6) is -7.64. The molecule has 1 aromatic rings. The lowest BCUT2D eigenvalue weighted by atomic mass is 9.59. The van der Waals surface area contributed by atoms with Crippen molar-refractivity contribution in [1.29, 1.82) is 0 Å². The molecule has 0 unspecified atom stereocenters. The van der Waals surface area contributed by atoms with Gasteiger partial charge in [-0.1, -0.05) is 0 Å². The summed E-state index contributed by atoms with van der Waals surface area (Å²) in [5, 5.41) is 43.6. The van der Waals surface area contributed by atoms with Crippen LogP contribution in [-0.4, -0.2) is 58.2 Å². The first-order valence-corrected chi connectivity index (χ1v) is 13.0. The minimum absolute atomic E-state index is 0.0326. The summed E-state index contributed by atoms with van der Waals surface area (Å²) in [6.45, 7) is 0. The van der Waals surface area contributed by atoms with Crippen LogP contribution in [0.25, 0.3) is 5.76 Å². The molecule has 0 spiro atoms. The van der Waals surface area contributed by atoms with E-state index in [1.807, 2.05) is 22.6 Å². The maximum absolute atomic E-state index is 13.4. The van der Waals surface area contributed by atoms with Crippen LogP contribution < -0.4 is 5.73 Å². The highest BCUT2D eigenvalue weighted by molar-refractivity contribution is 14.1. The van der Waals surface area contributed by atoms with Crippen molar-refractivity contribution in [3.8, 4) is 5.75 Å². The monoisotopic (exact) mass is 589 g/mol. The van der Waals surface area contributed by atoms with Gasteiger partial charge in [-0.2, -0.15) is 0 Å². The molecule has 3 aliphatic carbocycles. The van der Waals surface area contributed by atoms with Crippen molar-refractivity contribution in [2.75, 3.05) is 6.26 Å². The normalized spacial score (nSPS) is 27.2. The number of benzene rings is 1. The minimum atomic E-state index is -3.53. The van der Waals surface area contributed by atoms with Gasteiger partial charge in [-0.25, -0.2) is 8.42 Å². The number of hydrogen-bond acceptors (Lipinski definition) is 9. The van der Waals surface area contributed by atoms with Gasteiger partial charge in [-0.15, -0.1) is 0 Å². The maximum atomic E-state index is 13.4. The zero-order valence-electron chi connectivity index (χ0n) is 17.3. The second-order valence-electron chi connectivity index (χ2n) is 8.70. The van der Waals surface area contributed by atoms with E-state index >= 15 is 0 Å². The van der Waals surface area contributed by atoms with Gasteiger partial charge in [0.05, 0.1) is 11.3 Å². The first-order chi connectivity index (χ1) is 15.2. The molecule has 0 saturated heterocycles. The number of fused-ring (bicyclic) bond motifs is 3. The fourth-order valence-corrected chi connectivity index (χ4v) is 6.74. The molecular formula is C21H20INO9S. The molecule has 176 valence electrons. The number of nitrogens with two attached hydrogens (primary N) is 1. The number of aliphatic hydroxyl groups is 3. The highest BCUT2D eigenvalue weighted by Gasteiger charge is 2.60. The van der Waals surface area contributed by atoms with Crippen LogP contribution in [0, 0.1) is 15.4 Å². The van der Waals surface area contributed by atoms with Gasteiger partial charge in [0, 0.05) is 33.3 Å². The zero-order valence-corrected chi connectivity index (χ0v) is 20.2. The minimum Gasteiger partial charge on any atom is -0.508 e. The number of sulfone groups is 1. The van der Waals surface area contributed by atoms with Gasteiger partial charge in [0.2, 0.25) is 5.78 Å². The van der Waals surface area contributed by atoms with Gasteiger partial charge < -0.3 is 26.2 Å². The molecule has 3 atom stereocenters. The molecule has 6 N–H and O–H groups in total. The second kappa shape index (κ2) is 7.53. The number of phenolic OH excluding ortho intramolecular Hbond substituents is 1. The van der Waals surface area contributed by atoms with Crippen molar-refractivity contribution < 1.29 is 43.2 Å². The Hall–Kier alpha value is -2.45. The number of Topliss-reactive ketones (excluding diaryl/α,β-unsaturated/α-hetero) is 2. The number of halogens is 1. The smallest absolute Gasteiger partial charge is 0.255 e. The molecule has 3 aliphatic rings. The van der Waals surface area contributed by atoms with E-state index in [0.29, 0.717) is 9.13 Å². The zero-order chi connectivity index (χ0) is 24.6. The first-order valence-electron chi connectivity index (χ1n) is 9.86. The van der Waals surface area contributed by atoms with E-state index in [1.165, 1.54) is 6.07 Å². The van der Waals surface area contributed by atoms with Gasteiger partial charge in [0.1, 0.15) is 22.8 Å². The van der Waals surface area contributed by atoms with E-state index in [4.69, 9.17) is 5.73 Å². The Morgan fingerprint density at radius 1 is 1.24 bits per heavy atom. The fourth-order valence-electron chi connectivity index (χ4n) is 5.09. The molecule has 0 aliphatic heterocycles. The third kappa shape index (κ3) is 3.46.